The summed E-state index contributed by atoms with van der Waals surface area (Å²) >= 11 is 0. The van der Waals surface area contributed by atoms with Crippen molar-refractivity contribution in [2.45, 2.75) is 25.8 Å². The number of nitrogens with two attached hydrogens (primary N) is 1. The molecule has 1 aromatic heterocycles. The van der Waals surface area contributed by atoms with Crippen molar-refractivity contribution in [3.63, 3.8) is 0 Å². The van der Waals surface area contributed by atoms with Crippen LogP contribution < -0.4 is 11.1 Å². The third kappa shape index (κ3) is 4.56. The molecule has 0 saturated heterocycles. The van der Waals surface area contributed by atoms with Crippen molar-refractivity contribution in [1.82, 2.24) is 10.3 Å². The summed E-state index contributed by atoms with van der Waals surface area (Å²) in [4.78, 5) is 15.3. The normalized spacial score (nSPS) is 12.1. The Balaban J connectivity index is 2.29. The van der Waals surface area contributed by atoms with Gasteiger partial charge < -0.3 is 11.1 Å². The molecule has 0 fully saturated rings. The van der Waals surface area contributed by atoms with Crippen molar-refractivity contribution in [1.29, 1.82) is 0 Å². The predicted octanol–water partition coefficient (Wildman–Crippen LogP) is 0.478. The van der Waals surface area contributed by atoms with E-state index in [1.807, 2.05) is 19.1 Å². The Bertz CT molecular complexity index is 300. The number of nitrogens with one attached hydrogen (secondary N) is 1. The first-order chi connectivity index (χ1) is 7.22. The Morgan fingerprint density at radius 1 is 1.53 bits per heavy atom. The number of hydrogen-bond donors (Lipinski definition) is 2. The van der Waals surface area contributed by atoms with E-state index in [0.29, 0.717) is 13.0 Å². The van der Waals surface area contributed by atoms with Crippen molar-refractivity contribution < 1.29 is 4.79 Å². The first-order valence-electron chi connectivity index (χ1n) is 5.10. The van der Waals surface area contributed by atoms with Gasteiger partial charge >= 0.3 is 0 Å². The summed E-state index contributed by atoms with van der Waals surface area (Å²) in [6.45, 7) is 2.37. The molecule has 1 amide bonds. The molecule has 1 atom stereocenters. The average molecular weight is 207 g/mol. The molecule has 4 heteroatoms. The van der Waals surface area contributed by atoms with E-state index in [-0.39, 0.29) is 11.9 Å². The molecular formula is C11H17N3O. The lowest BCUT2D eigenvalue weighted by atomic mass is 10.1. The monoisotopic (exact) mass is 207 g/mol. The Morgan fingerprint density at radius 2 is 2.20 bits per heavy atom. The van der Waals surface area contributed by atoms with E-state index in [0.717, 1.165) is 12.0 Å². The second-order valence-electron chi connectivity index (χ2n) is 3.56. The van der Waals surface area contributed by atoms with Crippen molar-refractivity contribution in [2.75, 3.05) is 6.54 Å². The van der Waals surface area contributed by atoms with Gasteiger partial charge in [-0.1, -0.05) is 0 Å². The molecular weight excluding hydrogens is 190 g/mol. The van der Waals surface area contributed by atoms with Crippen LogP contribution in [0.4, 0.5) is 0 Å². The van der Waals surface area contributed by atoms with Gasteiger partial charge in [0.2, 0.25) is 5.91 Å². The largest absolute Gasteiger partial charge is 0.352 e. The van der Waals surface area contributed by atoms with Gasteiger partial charge in [0.1, 0.15) is 0 Å². The summed E-state index contributed by atoms with van der Waals surface area (Å²) in [5.74, 6) is 0.0461. The minimum atomic E-state index is 0.0461. The van der Waals surface area contributed by atoms with Crippen LogP contribution >= 0.6 is 0 Å². The van der Waals surface area contributed by atoms with Crippen LogP contribution in [0.5, 0.6) is 0 Å². The highest BCUT2D eigenvalue weighted by Gasteiger charge is 2.05. The summed E-state index contributed by atoms with van der Waals surface area (Å²) < 4.78 is 0. The van der Waals surface area contributed by atoms with E-state index in [4.69, 9.17) is 5.73 Å². The smallest absolute Gasteiger partial charge is 0.220 e. The van der Waals surface area contributed by atoms with Gasteiger partial charge in [-0.15, -0.1) is 0 Å². The van der Waals surface area contributed by atoms with Crippen LogP contribution in [0.2, 0.25) is 0 Å². The van der Waals surface area contributed by atoms with E-state index in [2.05, 4.69) is 10.3 Å². The molecule has 0 aliphatic heterocycles. The minimum Gasteiger partial charge on any atom is -0.352 e. The fourth-order valence-electron chi connectivity index (χ4n) is 1.21. The number of hydrogen-bond acceptors (Lipinski definition) is 3. The molecule has 0 aromatic carbocycles. The van der Waals surface area contributed by atoms with Gasteiger partial charge in [0, 0.05) is 31.4 Å². The summed E-state index contributed by atoms with van der Waals surface area (Å²) in [5, 5.41) is 2.82. The lowest BCUT2D eigenvalue weighted by Crippen LogP contribution is -2.37. The van der Waals surface area contributed by atoms with Gasteiger partial charge in [-0.05, 0) is 31.0 Å². The lowest BCUT2D eigenvalue weighted by molar-refractivity contribution is -0.121. The summed E-state index contributed by atoms with van der Waals surface area (Å²) in [5.41, 5.74) is 6.53. The van der Waals surface area contributed by atoms with Crippen LogP contribution in [-0.2, 0) is 11.2 Å². The first-order valence-corrected chi connectivity index (χ1v) is 5.10. The van der Waals surface area contributed by atoms with E-state index < -0.39 is 0 Å². The van der Waals surface area contributed by atoms with E-state index in [1.54, 1.807) is 12.4 Å². The van der Waals surface area contributed by atoms with Crippen LogP contribution in [0.25, 0.3) is 0 Å². The molecule has 1 heterocycles. The van der Waals surface area contributed by atoms with Gasteiger partial charge in [-0.3, -0.25) is 9.78 Å². The molecule has 0 bridgehead atoms. The molecule has 1 unspecified atom stereocenters. The molecule has 3 N–H and O–H groups in total. The Kier molecular flexibility index (Phi) is 4.77. The fourth-order valence-corrected chi connectivity index (χ4v) is 1.21. The number of pyridine rings is 1. The van der Waals surface area contributed by atoms with Crippen molar-refractivity contribution in [3.05, 3.63) is 30.1 Å². The third-order valence-electron chi connectivity index (χ3n) is 2.15. The molecule has 0 aliphatic carbocycles. The molecule has 1 aromatic rings. The van der Waals surface area contributed by atoms with E-state index in [9.17, 15) is 4.79 Å². The van der Waals surface area contributed by atoms with Gasteiger partial charge in [0.25, 0.3) is 0 Å². The van der Waals surface area contributed by atoms with Crippen LogP contribution in [0, 0.1) is 0 Å². The van der Waals surface area contributed by atoms with E-state index >= 15 is 0 Å². The molecule has 0 aliphatic rings. The Labute approximate surface area is 89.9 Å². The Hall–Kier alpha value is -1.42. The van der Waals surface area contributed by atoms with Gasteiger partial charge in [0.05, 0.1) is 0 Å². The molecule has 0 spiro atoms. The topological polar surface area (TPSA) is 68.0 Å². The molecule has 4 nitrogen and oxygen atoms in total. The highest BCUT2D eigenvalue weighted by molar-refractivity contribution is 5.76. The van der Waals surface area contributed by atoms with Crippen molar-refractivity contribution >= 4 is 5.91 Å². The summed E-state index contributed by atoms with van der Waals surface area (Å²) in [6.07, 6.45) is 4.70. The molecule has 0 saturated carbocycles. The number of amides is 1. The van der Waals surface area contributed by atoms with Crippen molar-refractivity contribution in [2.24, 2.45) is 5.73 Å². The van der Waals surface area contributed by atoms with Crippen molar-refractivity contribution in [3.8, 4) is 0 Å². The fraction of sp³-hybridized carbons (Fsp3) is 0.455. The second-order valence-corrected chi connectivity index (χ2v) is 3.56. The highest BCUT2D eigenvalue weighted by atomic mass is 16.1. The number of carbonyl (C=O) groups is 1. The zero-order valence-corrected chi connectivity index (χ0v) is 8.94. The second kappa shape index (κ2) is 6.14. The van der Waals surface area contributed by atoms with Gasteiger partial charge in [-0.2, -0.15) is 0 Å². The molecule has 0 radical (unpaired) electrons. The third-order valence-corrected chi connectivity index (χ3v) is 2.15. The zero-order valence-electron chi connectivity index (χ0n) is 8.94. The number of carbonyl (C=O) groups excluding carboxylic acids is 1. The van der Waals surface area contributed by atoms with Crippen LogP contribution in [0.15, 0.2) is 24.5 Å². The number of rotatable bonds is 5. The predicted molar refractivity (Wildman–Crippen MR) is 59.2 cm³/mol. The summed E-state index contributed by atoms with van der Waals surface area (Å²) in [6, 6.07) is 3.88. The zero-order chi connectivity index (χ0) is 11.1. The van der Waals surface area contributed by atoms with E-state index in [1.165, 1.54) is 0 Å². The lowest BCUT2D eigenvalue weighted by Gasteiger charge is -2.10. The Morgan fingerprint density at radius 3 is 2.80 bits per heavy atom. The number of aromatic nitrogens is 1. The summed E-state index contributed by atoms with van der Waals surface area (Å²) in [7, 11) is 0. The highest BCUT2D eigenvalue weighted by Crippen LogP contribution is 2.00. The van der Waals surface area contributed by atoms with Gasteiger partial charge in [0.15, 0.2) is 0 Å². The first kappa shape index (κ1) is 11.7. The maximum Gasteiger partial charge on any atom is 0.220 e. The number of aryl methyl sites for hydroxylation is 1. The standard InChI is InChI=1S/C11H17N3O/c1-9(8-12)14-11(15)3-2-10-4-6-13-7-5-10/h4-7,9H,2-3,8,12H2,1H3,(H,14,15). The van der Waals surface area contributed by atoms with Crippen LogP contribution in [0.1, 0.15) is 18.9 Å². The van der Waals surface area contributed by atoms with Crippen LogP contribution in [0.3, 0.4) is 0 Å². The SMILES string of the molecule is CC(CN)NC(=O)CCc1ccncc1. The molecule has 15 heavy (non-hydrogen) atoms. The quantitative estimate of drug-likeness (QED) is 0.737. The average Bonchev–Trinajstić information content (AvgIpc) is 2.27. The maximum atomic E-state index is 11.4. The maximum absolute atomic E-state index is 11.4. The molecule has 82 valence electrons. The minimum absolute atomic E-state index is 0.0461. The van der Waals surface area contributed by atoms with Crippen LogP contribution in [-0.4, -0.2) is 23.5 Å². The number of nitrogens with zero attached hydrogens (tertiary/aromatic N) is 1. The molecule has 1 rings (SSSR count). The van der Waals surface area contributed by atoms with Gasteiger partial charge in [-0.25, -0.2) is 0 Å².